The van der Waals surface area contributed by atoms with Crippen LogP contribution in [0.15, 0.2) is 84.5 Å². The van der Waals surface area contributed by atoms with E-state index in [9.17, 15) is 18.3 Å². The van der Waals surface area contributed by atoms with Crippen LogP contribution in [-0.2, 0) is 10.0 Å². The van der Waals surface area contributed by atoms with Crippen molar-refractivity contribution < 1.29 is 32.2 Å². The molecule has 10 rings (SSSR count). The number of imidazole rings is 1. The number of nitrogens with one attached hydrogen (secondary N) is 2. The van der Waals surface area contributed by atoms with Crippen LogP contribution in [-0.4, -0.2) is 90.2 Å². The van der Waals surface area contributed by atoms with E-state index in [4.69, 9.17) is 15.2 Å². The van der Waals surface area contributed by atoms with Crippen LogP contribution < -0.4 is 30.1 Å². The molecule has 0 radical (unpaired) electrons. The number of nitrogen functional groups attached to an aromatic ring is 1. The number of allylic oxidation sites excluding steroid dienone is 2. The third-order valence-corrected chi connectivity index (χ3v) is 16.9. The minimum Gasteiger partial charge on any atom is -0.478 e. The van der Waals surface area contributed by atoms with Gasteiger partial charge in [0, 0.05) is 68.5 Å². The van der Waals surface area contributed by atoms with Crippen LogP contribution in [0.5, 0.6) is 17.4 Å². The molecule has 16 heteroatoms. The minimum absolute atomic E-state index is 0.0276. The van der Waals surface area contributed by atoms with Gasteiger partial charge in [0.25, 0.3) is 21.8 Å². The Balaban J connectivity index is 0.887. The van der Waals surface area contributed by atoms with Crippen LogP contribution in [0.4, 0.5) is 21.6 Å². The number of ether oxygens (including phenoxy) is 2. The fourth-order valence-corrected chi connectivity index (χ4v) is 12.8. The highest BCUT2D eigenvalue weighted by atomic mass is 32.2. The second-order valence-corrected chi connectivity index (χ2v) is 22.3. The largest absolute Gasteiger partial charge is 0.478 e. The number of halogens is 1. The Morgan fingerprint density at radius 2 is 1.78 bits per heavy atom. The summed E-state index contributed by atoms with van der Waals surface area (Å²) in [6.07, 6.45) is 13.1. The van der Waals surface area contributed by atoms with Crippen molar-refractivity contribution in [3.8, 4) is 17.4 Å². The van der Waals surface area contributed by atoms with Crippen LogP contribution in [0, 0.1) is 11.3 Å². The molecule has 3 aliphatic carbocycles. The molecule has 5 aromatic rings. The second-order valence-electron chi connectivity index (χ2n) is 20.7. The number of methoxy groups -OCH3 is 1. The molecule has 69 heavy (non-hydrogen) atoms. The Morgan fingerprint density at radius 3 is 2.52 bits per heavy atom. The van der Waals surface area contributed by atoms with E-state index in [1.807, 2.05) is 6.92 Å². The summed E-state index contributed by atoms with van der Waals surface area (Å²) in [7, 11) is -3.17. The number of piperidine rings is 1. The van der Waals surface area contributed by atoms with Crippen molar-refractivity contribution in [2.75, 3.05) is 55.8 Å². The van der Waals surface area contributed by atoms with E-state index in [1.54, 1.807) is 28.8 Å². The smallest absolute Gasteiger partial charge is 0.268 e. The Labute approximate surface area is 403 Å². The van der Waals surface area contributed by atoms with Crippen molar-refractivity contribution in [3.05, 3.63) is 108 Å². The molecule has 5 aliphatic rings. The topological polar surface area (TPSA) is 177 Å². The summed E-state index contributed by atoms with van der Waals surface area (Å²) in [5.74, 6) is 0.417. The molecule has 2 atom stereocenters. The van der Waals surface area contributed by atoms with Gasteiger partial charge >= 0.3 is 0 Å². The van der Waals surface area contributed by atoms with Crippen LogP contribution in [0.3, 0.4) is 0 Å². The van der Waals surface area contributed by atoms with Crippen LogP contribution in [0.2, 0.25) is 0 Å². The Bertz CT molecular complexity index is 2960. The lowest BCUT2D eigenvalue weighted by Gasteiger charge is -2.57. The molecular formula is C53H63FN8O6S. The summed E-state index contributed by atoms with van der Waals surface area (Å²) >= 11 is 0. The summed E-state index contributed by atoms with van der Waals surface area (Å²) in [5.41, 5.74) is 10.9. The summed E-state index contributed by atoms with van der Waals surface area (Å²) in [4.78, 5) is 27.9. The molecule has 2 saturated heterocycles. The van der Waals surface area contributed by atoms with E-state index in [2.05, 4.69) is 74.5 Å². The number of nitrogens with two attached hydrogens (primary N) is 1. The Morgan fingerprint density at radius 1 is 1.03 bits per heavy atom. The lowest BCUT2D eigenvalue weighted by molar-refractivity contribution is -0.0493. The number of aromatic nitrogens is 3. The van der Waals surface area contributed by atoms with Gasteiger partial charge in [-0.2, -0.15) is 0 Å². The fraction of sp³-hybridized carbons (Fsp3) is 0.453. The fourth-order valence-electron chi connectivity index (χ4n) is 11.7. The number of aliphatic hydroxyl groups is 1. The molecule has 5 N–H and O–H groups in total. The molecule has 2 aromatic carbocycles. The maximum atomic E-state index is 15.1. The molecular weight excluding hydrogens is 896 g/mol. The molecule has 2 aliphatic heterocycles. The average Bonchev–Trinajstić information content (AvgIpc) is 4.07. The lowest BCUT2D eigenvalue weighted by atomic mass is 9.70. The van der Waals surface area contributed by atoms with Gasteiger partial charge in [0.05, 0.1) is 29.7 Å². The van der Waals surface area contributed by atoms with E-state index < -0.39 is 27.4 Å². The first-order chi connectivity index (χ1) is 33.0. The van der Waals surface area contributed by atoms with Gasteiger partial charge in [-0.05, 0) is 129 Å². The first-order valence-electron chi connectivity index (χ1n) is 24.4. The van der Waals surface area contributed by atoms with E-state index in [0.29, 0.717) is 60.3 Å². The number of rotatable bonds is 13. The maximum Gasteiger partial charge on any atom is 0.268 e. The SMILES string of the molecule is C=C1C=C(F)c2cc(Oc3cc(N4CCC5(CC4)CN([C@H]4CCC[C@H]4c4ccccc4C(C)C)C5)ccc3C(=O)NS(=O)(=O)c3cc(N)c(NC[C@H]4CC[C@](C)(O)CC4)n4ccnc34)c(OC)nc21. The van der Waals surface area contributed by atoms with Crippen molar-refractivity contribution in [2.45, 2.75) is 107 Å². The van der Waals surface area contributed by atoms with Crippen molar-refractivity contribution in [3.63, 3.8) is 0 Å². The molecule has 0 bridgehead atoms. The molecule has 14 nitrogen and oxygen atoms in total. The van der Waals surface area contributed by atoms with E-state index in [0.717, 1.165) is 57.5 Å². The van der Waals surface area contributed by atoms with Gasteiger partial charge in [0.1, 0.15) is 22.3 Å². The Hall–Kier alpha value is -5.97. The number of amides is 1. The van der Waals surface area contributed by atoms with E-state index in [-0.39, 0.29) is 50.2 Å². The summed E-state index contributed by atoms with van der Waals surface area (Å²) in [5, 5.41) is 13.8. The molecule has 2 saturated carbocycles. The summed E-state index contributed by atoms with van der Waals surface area (Å²) in [6.45, 7) is 14.6. The zero-order chi connectivity index (χ0) is 48.4. The van der Waals surface area contributed by atoms with Gasteiger partial charge in [0.2, 0.25) is 0 Å². The number of hydrogen-bond donors (Lipinski definition) is 4. The maximum absolute atomic E-state index is 15.1. The van der Waals surface area contributed by atoms with Crippen molar-refractivity contribution in [2.24, 2.45) is 11.3 Å². The number of fused-ring (bicyclic) bond motifs is 2. The van der Waals surface area contributed by atoms with Gasteiger partial charge in [0.15, 0.2) is 11.4 Å². The standard InChI is InChI=1S/C53H63FN8O6S/c1-32(2)36-9-6-7-10-37(36)38-11-8-12-43(38)61-30-53(31-61)19-22-60(23-20-53)35-13-14-39(44(26-35)68-45-27-40-41(54)25-33(3)47(40)58-51(45)67-5)50(63)59-69(65,66)46-28-42(55)48(62-24-21-56-49(46)62)57-29-34-15-17-52(4,64)18-16-34/h6-7,9-10,13-14,21,24-28,32,34,38,43,57,64H,3,8,11-12,15-20,22-23,29-31,55H2,1-2,4-5H3,(H,59,63)/t34-,38-,43-,52-/m0/s1. The predicted octanol–water partition coefficient (Wildman–Crippen LogP) is 9.28. The first kappa shape index (κ1) is 46.7. The molecule has 0 unspecified atom stereocenters. The third kappa shape index (κ3) is 8.95. The number of hydrogen-bond acceptors (Lipinski definition) is 12. The molecule has 1 spiro atoms. The normalized spacial score (nSPS) is 23.5. The number of carbonyl (C=O) groups excluding carboxylic acids is 1. The van der Waals surface area contributed by atoms with Gasteiger partial charge in [-0.25, -0.2) is 27.5 Å². The number of pyridine rings is 2. The highest BCUT2D eigenvalue weighted by molar-refractivity contribution is 7.90. The number of carbonyl (C=O) groups is 1. The van der Waals surface area contributed by atoms with E-state index in [1.165, 1.54) is 61.9 Å². The first-order valence-corrected chi connectivity index (χ1v) is 25.8. The monoisotopic (exact) mass is 958 g/mol. The van der Waals surface area contributed by atoms with Gasteiger partial charge in [-0.1, -0.05) is 51.1 Å². The van der Waals surface area contributed by atoms with Crippen molar-refractivity contribution in [1.29, 1.82) is 0 Å². The quantitative estimate of drug-likeness (QED) is 0.0882. The van der Waals surface area contributed by atoms with Gasteiger partial charge < -0.3 is 30.5 Å². The van der Waals surface area contributed by atoms with Crippen LogP contribution in [0.1, 0.15) is 123 Å². The number of likely N-dealkylation sites (tertiary alicyclic amines) is 1. The van der Waals surface area contributed by atoms with Crippen molar-refractivity contribution in [1.82, 2.24) is 24.0 Å². The number of benzene rings is 2. The summed E-state index contributed by atoms with van der Waals surface area (Å²) < 4.78 is 59.5. The van der Waals surface area contributed by atoms with Crippen LogP contribution in [0.25, 0.3) is 17.0 Å². The summed E-state index contributed by atoms with van der Waals surface area (Å²) in [6, 6.07) is 17.4. The molecule has 1 amide bonds. The molecule has 5 heterocycles. The zero-order valence-corrected chi connectivity index (χ0v) is 40.7. The van der Waals surface area contributed by atoms with E-state index >= 15 is 4.39 Å². The van der Waals surface area contributed by atoms with Gasteiger partial charge in [-0.15, -0.1) is 0 Å². The van der Waals surface area contributed by atoms with Crippen molar-refractivity contribution >= 4 is 50.2 Å². The highest BCUT2D eigenvalue weighted by Crippen LogP contribution is 2.49. The van der Waals surface area contributed by atoms with Crippen LogP contribution >= 0.6 is 0 Å². The molecule has 3 aromatic heterocycles. The zero-order valence-electron chi connectivity index (χ0n) is 39.9. The predicted molar refractivity (Wildman–Crippen MR) is 267 cm³/mol. The number of sulfonamides is 1. The lowest BCUT2D eigenvalue weighted by Crippen LogP contribution is -2.63. The third-order valence-electron chi connectivity index (χ3n) is 15.6. The number of nitrogens with zero attached hydrogens (tertiary/aromatic N) is 5. The highest BCUT2D eigenvalue weighted by Gasteiger charge is 2.49. The Kier molecular flexibility index (Phi) is 12.3. The molecule has 364 valence electrons. The minimum atomic E-state index is -4.58. The number of anilines is 3. The molecule has 4 fully saturated rings. The van der Waals surface area contributed by atoms with Gasteiger partial charge in [-0.3, -0.25) is 14.1 Å². The average molecular weight is 959 g/mol. The second kappa shape index (κ2) is 18.1.